The van der Waals surface area contributed by atoms with Gasteiger partial charge in [-0.3, -0.25) is 0 Å². The first kappa shape index (κ1) is 34.1. The topological polar surface area (TPSA) is 89.6 Å². The smallest absolute Gasteiger partial charge is 0.153 e. The summed E-state index contributed by atoms with van der Waals surface area (Å²) in [6.07, 6.45) is 22.8. The van der Waals surface area contributed by atoms with Crippen molar-refractivity contribution in [1.82, 2.24) is 4.98 Å². The number of nitrogens with zero attached hydrogens (tertiary/aromatic N) is 3. The van der Waals surface area contributed by atoms with Crippen molar-refractivity contribution >= 4 is 47.0 Å². The van der Waals surface area contributed by atoms with Crippen LogP contribution in [0.5, 0.6) is 0 Å². The second-order valence-electron chi connectivity index (χ2n) is 9.17. The van der Waals surface area contributed by atoms with Crippen LogP contribution in [0.25, 0.3) is 0 Å². The highest BCUT2D eigenvalue weighted by molar-refractivity contribution is 6.17. The molecule has 0 spiro atoms. The van der Waals surface area contributed by atoms with Gasteiger partial charge < -0.3 is 11.5 Å². The van der Waals surface area contributed by atoms with Gasteiger partial charge in [0.15, 0.2) is 5.82 Å². The van der Waals surface area contributed by atoms with Crippen LogP contribution in [0.4, 0.5) is 23.0 Å². The maximum absolute atomic E-state index is 5.66. The maximum atomic E-state index is 5.66. The first-order valence-electron chi connectivity index (χ1n) is 13.7. The lowest BCUT2D eigenvalue weighted by Gasteiger charge is -2.03. The van der Waals surface area contributed by atoms with Gasteiger partial charge in [-0.05, 0) is 30.7 Å². The van der Waals surface area contributed by atoms with Gasteiger partial charge in [0, 0.05) is 5.88 Å². The summed E-state index contributed by atoms with van der Waals surface area (Å²) in [5, 5.41) is 8.03. The van der Waals surface area contributed by atoms with Crippen molar-refractivity contribution in [3.63, 3.8) is 0 Å². The van der Waals surface area contributed by atoms with Crippen LogP contribution >= 0.6 is 24.0 Å². The first-order chi connectivity index (χ1) is 17.2. The summed E-state index contributed by atoms with van der Waals surface area (Å²) >= 11 is 5.66. The molecule has 0 aliphatic rings. The minimum atomic E-state index is 0. The van der Waals surface area contributed by atoms with E-state index in [9.17, 15) is 0 Å². The number of rotatable bonds is 18. The molecule has 0 bridgehead atoms. The molecule has 1 heterocycles. The van der Waals surface area contributed by atoms with E-state index in [0.717, 1.165) is 11.6 Å². The highest BCUT2D eigenvalue weighted by Gasteiger charge is 1.99. The van der Waals surface area contributed by atoms with Gasteiger partial charge in [0.1, 0.15) is 11.5 Å². The molecule has 0 aliphatic heterocycles. The molecule has 1 aromatic heterocycles. The van der Waals surface area contributed by atoms with Crippen LogP contribution in [-0.4, -0.2) is 10.9 Å². The van der Waals surface area contributed by atoms with Crippen molar-refractivity contribution in [2.75, 3.05) is 17.3 Å². The van der Waals surface area contributed by atoms with E-state index >= 15 is 0 Å². The van der Waals surface area contributed by atoms with E-state index in [1.165, 1.54) is 103 Å². The second kappa shape index (κ2) is 24.8. The molecule has 0 amide bonds. The number of hydrogen-bond acceptors (Lipinski definition) is 5. The average molecular weight is 539 g/mol. The van der Waals surface area contributed by atoms with Gasteiger partial charge in [0.05, 0.1) is 5.69 Å². The molecule has 1 aromatic carbocycles. The molecule has 7 heteroatoms. The zero-order chi connectivity index (χ0) is 25.4. The Morgan fingerprint density at radius 2 is 1.11 bits per heavy atom. The van der Waals surface area contributed by atoms with E-state index in [0.29, 0.717) is 11.5 Å². The Hall–Kier alpha value is -1.85. The predicted molar refractivity (Wildman–Crippen MR) is 161 cm³/mol. The molecule has 5 nitrogen and oxygen atoms in total. The molecule has 0 aliphatic carbocycles. The van der Waals surface area contributed by atoms with E-state index in [2.05, 4.69) is 22.1 Å². The number of unbranched alkanes of at least 4 members (excludes halogenated alkanes) is 15. The van der Waals surface area contributed by atoms with E-state index in [4.69, 9.17) is 23.1 Å². The minimum absolute atomic E-state index is 0. The fraction of sp³-hybridized carbons (Fsp3) is 0.621. The lowest BCUT2D eigenvalue weighted by atomic mass is 10.0. The van der Waals surface area contributed by atoms with Gasteiger partial charge in [-0.25, -0.2) is 4.98 Å². The molecule has 4 N–H and O–H groups in total. The number of aromatic nitrogens is 1. The molecule has 204 valence electrons. The molecule has 0 unspecified atom stereocenters. The summed E-state index contributed by atoms with van der Waals surface area (Å²) in [6, 6.07) is 12.7. The lowest BCUT2D eigenvalue weighted by Crippen LogP contribution is -1.95. The molecule has 2 aromatic rings. The average Bonchev–Trinajstić information content (AvgIpc) is 2.87. The third-order valence-electron chi connectivity index (χ3n) is 5.94. The number of halogens is 2. The zero-order valence-electron chi connectivity index (χ0n) is 22.3. The van der Waals surface area contributed by atoms with Crippen molar-refractivity contribution in [2.45, 2.75) is 110 Å². The number of nitrogens with two attached hydrogens (primary N) is 2. The Bertz CT molecular complexity index is 756. The van der Waals surface area contributed by atoms with E-state index in [1.807, 2.05) is 30.3 Å². The third-order valence-corrected chi connectivity index (χ3v) is 6.21. The molecule has 36 heavy (non-hydrogen) atoms. The standard InChI is InChI=1S/C18H37Cl.C11H11N5.ClH/c1-2-3-4-5-6-7-8-9-10-11-12-13-14-15-16-17-18-19;12-10-7-6-9(11(13)14-10)16-15-8-4-2-1-3-5-8;/h2-18H2,1H3;1-7H,(H4,12,13,14);1H. The summed E-state index contributed by atoms with van der Waals surface area (Å²) in [7, 11) is 0. The zero-order valence-corrected chi connectivity index (χ0v) is 23.9. The van der Waals surface area contributed by atoms with Crippen LogP contribution in [0.1, 0.15) is 110 Å². The summed E-state index contributed by atoms with van der Waals surface area (Å²) in [5.74, 6) is 1.49. The van der Waals surface area contributed by atoms with Gasteiger partial charge in [0.25, 0.3) is 0 Å². The fourth-order valence-corrected chi connectivity index (χ4v) is 4.01. The predicted octanol–water partition coefficient (Wildman–Crippen LogP) is 10.6. The number of nitrogen functional groups attached to an aromatic ring is 2. The molecule has 0 atom stereocenters. The Morgan fingerprint density at radius 3 is 1.56 bits per heavy atom. The molecule has 0 radical (unpaired) electrons. The van der Waals surface area contributed by atoms with E-state index in [-0.39, 0.29) is 18.2 Å². The highest BCUT2D eigenvalue weighted by Crippen LogP contribution is 2.23. The highest BCUT2D eigenvalue weighted by atomic mass is 35.5. The summed E-state index contributed by atoms with van der Waals surface area (Å²) < 4.78 is 0. The number of hydrogen-bond donors (Lipinski definition) is 2. The Morgan fingerprint density at radius 1 is 0.639 bits per heavy atom. The van der Waals surface area contributed by atoms with Gasteiger partial charge in [-0.1, -0.05) is 121 Å². The molecule has 0 saturated heterocycles. The number of anilines is 2. The summed E-state index contributed by atoms with van der Waals surface area (Å²) in [5.41, 5.74) is 12.4. The molecule has 2 rings (SSSR count). The molecule has 0 saturated carbocycles. The van der Waals surface area contributed by atoms with Crippen molar-refractivity contribution < 1.29 is 0 Å². The normalized spacial score (nSPS) is 10.6. The van der Waals surface area contributed by atoms with Crippen LogP contribution < -0.4 is 11.5 Å². The van der Waals surface area contributed by atoms with Crippen molar-refractivity contribution in [3.8, 4) is 0 Å². The van der Waals surface area contributed by atoms with Gasteiger partial charge >= 0.3 is 0 Å². The fourth-order valence-electron chi connectivity index (χ4n) is 3.82. The SMILES string of the molecule is CCCCCCCCCCCCCCCCCCCl.Cl.Nc1ccc(N=Nc2ccccc2)c(N)n1. The number of pyridine rings is 1. The largest absolute Gasteiger partial charge is 0.384 e. The third kappa shape index (κ3) is 19.4. The lowest BCUT2D eigenvalue weighted by molar-refractivity contribution is 0.531. The van der Waals surface area contributed by atoms with E-state index < -0.39 is 0 Å². The van der Waals surface area contributed by atoms with Crippen molar-refractivity contribution in [1.29, 1.82) is 0 Å². The van der Waals surface area contributed by atoms with Gasteiger partial charge in [-0.2, -0.15) is 5.11 Å². The van der Waals surface area contributed by atoms with Crippen LogP contribution in [0.3, 0.4) is 0 Å². The number of benzene rings is 1. The van der Waals surface area contributed by atoms with Crippen LogP contribution in [-0.2, 0) is 0 Å². The summed E-state index contributed by atoms with van der Waals surface area (Å²) in [6.45, 7) is 2.29. The Balaban J connectivity index is 0.000000668. The van der Waals surface area contributed by atoms with Gasteiger partial charge in [0.2, 0.25) is 0 Å². The van der Waals surface area contributed by atoms with Crippen molar-refractivity contribution in [2.24, 2.45) is 10.2 Å². The summed E-state index contributed by atoms with van der Waals surface area (Å²) in [4.78, 5) is 3.89. The van der Waals surface area contributed by atoms with Crippen LogP contribution in [0.15, 0.2) is 52.7 Å². The molecular weight excluding hydrogens is 489 g/mol. The van der Waals surface area contributed by atoms with E-state index in [1.54, 1.807) is 12.1 Å². The second-order valence-corrected chi connectivity index (χ2v) is 9.55. The van der Waals surface area contributed by atoms with Gasteiger partial charge in [-0.15, -0.1) is 29.1 Å². The monoisotopic (exact) mass is 537 g/mol. The van der Waals surface area contributed by atoms with Crippen LogP contribution in [0.2, 0.25) is 0 Å². The van der Waals surface area contributed by atoms with Crippen LogP contribution in [0, 0.1) is 0 Å². The van der Waals surface area contributed by atoms with Crippen molar-refractivity contribution in [3.05, 3.63) is 42.5 Å². The maximum Gasteiger partial charge on any atom is 0.153 e. The minimum Gasteiger partial charge on any atom is -0.384 e. The quantitative estimate of drug-likeness (QED) is 0.112. The Kier molecular flexibility index (Phi) is 23.6. The molecule has 0 fully saturated rings. The first-order valence-corrected chi connectivity index (χ1v) is 14.3. The Labute approximate surface area is 231 Å². The number of alkyl halides is 1. The number of azo groups is 1. The molecular formula is C29H49Cl2N5.